The summed E-state index contributed by atoms with van der Waals surface area (Å²) in [4.78, 5) is 11.8. The van der Waals surface area contributed by atoms with E-state index in [4.69, 9.17) is 0 Å². The summed E-state index contributed by atoms with van der Waals surface area (Å²) in [5.41, 5.74) is 0.735. The Kier molecular flexibility index (Phi) is 4.36. The largest absolute Gasteiger partial charge is 0.374 e. The molecule has 0 fully saturated rings. The van der Waals surface area contributed by atoms with Crippen LogP contribution in [-0.2, 0) is 0 Å². The van der Waals surface area contributed by atoms with E-state index in [0.717, 1.165) is 22.9 Å². The van der Waals surface area contributed by atoms with Gasteiger partial charge in [-0.05, 0) is 17.9 Å². The quantitative estimate of drug-likeness (QED) is 0.738. The van der Waals surface area contributed by atoms with Crippen molar-refractivity contribution in [3.05, 3.63) is 42.5 Å². The summed E-state index contributed by atoms with van der Waals surface area (Å²) in [6.45, 7) is 1.95. The maximum Gasteiger partial charge on any atom is 0.321 e. The van der Waals surface area contributed by atoms with Crippen LogP contribution >= 0.6 is 0 Å². The Morgan fingerprint density at radius 3 is 2.74 bits per heavy atom. The lowest BCUT2D eigenvalue weighted by Gasteiger charge is -2.13. The zero-order valence-corrected chi connectivity index (χ0v) is 10.9. The number of urea groups is 1. The first-order valence-electron chi connectivity index (χ1n) is 6.44. The Bertz CT molecular complexity index is 564. The summed E-state index contributed by atoms with van der Waals surface area (Å²) in [6, 6.07) is 13.2. The SMILES string of the molecule is CCCC(O)NC(=O)Nc1cccc2ccccc12. The summed E-state index contributed by atoms with van der Waals surface area (Å²) in [7, 11) is 0. The van der Waals surface area contributed by atoms with Gasteiger partial charge in [-0.2, -0.15) is 0 Å². The van der Waals surface area contributed by atoms with Crippen molar-refractivity contribution in [2.75, 3.05) is 5.32 Å². The Balaban J connectivity index is 2.11. The molecule has 0 bridgehead atoms. The van der Waals surface area contributed by atoms with Crippen LogP contribution in [0.4, 0.5) is 10.5 Å². The van der Waals surface area contributed by atoms with Crippen LogP contribution in [0.5, 0.6) is 0 Å². The fourth-order valence-corrected chi connectivity index (χ4v) is 1.99. The van der Waals surface area contributed by atoms with Crippen molar-refractivity contribution in [3.8, 4) is 0 Å². The number of hydrogen-bond acceptors (Lipinski definition) is 2. The highest BCUT2D eigenvalue weighted by Gasteiger charge is 2.09. The first-order valence-corrected chi connectivity index (χ1v) is 6.44. The maximum absolute atomic E-state index is 11.8. The lowest BCUT2D eigenvalue weighted by molar-refractivity contribution is 0.135. The highest BCUT2D eigenvalue weighted by Crippen LogP contribution is 2.22. The van der Waals surface area contributed by atoms with Crippen LogP contribution in [0.15, 0.2) is 42.5 Å². The lowest BCUT2D eigenvalue weighted by Crippen LogP contribution is -2.37. The van der Waals surface area contributed by atoms with Gasteiger partial charge in [0.15, 0.2) is 0 Å². The van der Waals surface area contributed by atoms with Crippen molar-refractivity contribution in [1.29, 1.82) is 0 Å². The molecule has 1 unspecified atom stereocenters. The lowest BCUT2D eigenvalue weighted by atomic mass is 10.1. The maximum atomic E-state index is 11.8. The van der Waals surface area contributed by atoms with E-state index in [0.29, 0.717) is 6.42 Å². The van der Waals surface area contributed by atoms with Gasteiger partial charge in [0.25, 0.3) is 0 Å². The monoisotopic (exact) mass is 258 g/mol. The molecular formula is C15H18N2O2. The van der Waals surface area contributed by atoms with Crippen molar-refractivity contribution in [2.45, 2.75) is 26.0 Å². The number of rotatable bonds is 4. The second-order valence-electron chi connectivity index (χ2n) is 4.43. The number of aliphatic hydroxyl groups is 1. The normalized spacial score (nSPS) is 12.1. The fourth-order valence-electron chi connectivity index (χ4n) is 1.99. The molecule has 0 saturated carbocycles. The first kappa shape index (κ1) is 13.4. The Labute approximate surface area is 112 Å². The van der Waals surface area contributed by atoms with Crippen molar-refractivity contribution >= 4 is 22.5 Å². The third-order valence-electron chi connectivity index (χ3n) is 2.90. The molecule has 100 valence electrons. The molecule has 4 nitrogen and oxygen atoms in total. The van der Waals surface area contributed by atoms with Gasteiger partial charge in [-0.15, -0.1) is 0 Å². The van der Waals surface area contributed by atoms with E-state index in [2.05, 4.69) is 10.6 Å². The number of nitrogens with one attached hydrogen (secondary N) is 2. The molecule has 3 N–H and O–H groups in total. The van der Waals surface area contributed by atoms with Crippen LogP contribution in [0.2, 0.25) is 0 Å². The molecule has 0 heterocycles. The van der Waals surface area contributed by atoms with Gasteiger partial charge in [0.05, 0.1) is 5.69 Å². The van der Waals surface area contributed by atoms with Gasteiger partial charge in [0.2, 0.25) is 0 Å². The number of benzene rings is 2. The molecule has 0 spiro atoms. The van der Waals surface area contributed by atoms with Gasteiger partial charge in [-0.1, -0.05) is 49.7 Å². The molecule has 2 rings (SSSR count). The highest BCUT2D eigenvalue weighted by molar-refractivity contribution is 6.01. The van der Waals surface area contributed by atoms with Crippen LogP contribution in [0.25, 0.3) is 10.8 Å². The second kappa shape index (κ2) is 6.20. The topological polar surface area (TPSA) is 61.4 Å². The van der Waals surface area contributed by atoms with Gasteiger partial charge < -0.3 is 15.7 Å². The zero-order chi connectivity index (χ0) is 13.7. The average molecular weight is 258 g/mol. The number of aliphatic hydroxyl groups excluding tert-OH is 1. The van der Waals surface area contributed by atoms with Gasteiger partial charge in [-0.25, -0.2) is 4.79 Å². The van der Waals surface area contributed by atoms with Crippen molar-refractivity contribution in [3.63, 3.8) is 0 Å². The molecule has 0 aliphatic rings. The summed E-state index contributed by atoms with van der Waals surface area (Å²) in [5.74, 6) is 0. The Morgan fingerprint density at radius 2 is 1.95 bits per heavy atom. The third kappa shape index (κ3) is 3.45. The Hall–Kier alpha value is -2.07. The molecule has 0 aromatic heterocycles. The predicted octanol–water partition coefficient (Wildman–Crippen LogP) is 3.08. The average Bonchev–Trinajstić information content (AvgIpc) is 2.39. The van der Waals surface area contributed by atoms with E-state index in [-0.39, 0.29) is 0 Å². The molecule has 19 heavy (non-hydrogen) atoms. The fraction of sp³-hybridized carbons (Fsp3) is 0.267. The molecule has 2 amide bonds. The number of carbonyl (C=O) groups excluding carboxylic acids is 1. The molecule has 4 heteroatoms. The minimum atomic E-state index is -0.806. The Morgan fingerprint density at radius 1 is 1.21 bits per heavy atom. The standard InChI is InChI=1S/C15H18N2O2/c1-2-6-14(18)17-15(19)16-13-10-5-8-11-7-3-4-9-12(11)13/h3-5,7-10,14,18H,2,6H2,1H3,(H2,16,17,19). The van der Waals surface area contributed by atoms with Crippen LogP contribution in [-0.4, -0.2) is 17.4 Å². The van der Waals surface area contributed by atoms with Gasteiger partial charge in [0.1, 0.15) is 6.23 Å². The molecule has 0 radical (unpaired) electrons. The molecule has 2 aromatic carbocycles. The number of carbonyl (C=O) groups is 1. The summed E-state index contributed by atoms with van der Waals surface area (Å²) >= 11 is 0. The number of hydrogen-bond donors (Lipinski definition) is 3. The van der Waals surface area contributed by atoms with E-state index in [9.17, 15) is 9.90 Å². The van der Waals surface area contributed by atoms with E-state index in [1.54, 1.807) is 0 Å². The smallest absolute Gasteiger partial charge is 0.321 e. The van der Waals surface area contributed by atoms with E-state index in [1.807, 2.05) is 49.4 Å². The molecule has 1 atom stereocenters. The molecular weight excluding hydrogens is 240 g/mol. The molecule has 0 aliphatic carbocycles. The zero-order valence-electron chi connectivity index (χ0n) is 10.9. The van der Waals surface area contributed by atoms with E-state index < -0.39 is 12.3 Å². The minimum Gasteiger partial charge on any atom is -0.374 e. The van der Waals surface area contributed by atoms with Crippen molar-refractivity contribution in [2.24, 2.45) is 0 Å². The number of fused-ring (bicyclic) bond motifs is 1. The minimum absolute atomic E-state index is 0.391. The van der Waals surface area contributed by atoms with Gasteiger partial charge in [-0.3, -0.25) is 0 Å². The summed E-state index contributed by atoms with van der Waals surface area (Å²) in [5, 5.41) is 16.8. The van der Waals surface area contributed by atoms with E-state index in [1.165, 1.54) is 0 Å². The third-order valence-corrected chi connectivity index (χ3v) is 2.90. The predicted molar refractivity (Wildman–Crippen MR) is 77.0 cm³/mol. The van der Waals surface area contributed by atoms with Crippen LogP contribution in [0.3, 0.4) is 0 Å². The van der Waals surface area contributed by atoms with Crippen LogP contribution in [0, 0.1) is 0 Å². The molecule has 2 aromatic rings. The van der Waals surface area contributed by atoms with Crippen molar-refractivity contribution < 1.29 is 9.90 Å². The van der Waals surface area contributed by atoms with Crippen LogP contribution < -0.4 is 10.6 Å². The number of anilines is 1. The van der Waals surface area contributed by atoms with Crippen LogP contribution in [0.1, 0.15) is 19.8 Å². The van der Waals surface area contributed by atoms with Gasteiger partial charge >= 0.3 is 6.03 Å². The summed E-state index contributed by atoms with van der Waals surface area (Å²) in [6.07, 6.45) is 0.554. The molecule has 0 aliphatic heterocycles. The van der Waals surface area contributed by atoms with Crippen molar-refractivity contribution in [1.82, 2.24) is 5.32 Å². The number of amides is 2. The summed E-state index contributed by atoms with van der Waals surface area (Å²) < 4.78 is 0. The molecule has 0 saturated heterocycles. The highest BCUT2D eigenvalue weighted by atomic mass is 16.3. The second-order valence-corrected chi connectivity index (χ2v) is 4.43. The first-order chi connectivity index (χ1) is 9.20. The van der Waals surface area contributed by atoms with E-state index >= 15 is 0 Å². The van der Waals surface area contributed by atoms with Gasteiger partial charge in [0, 0.05) is 5.39 Å².